The number of hydrogen-bond donors (Lipinski definition) is 1. The molecule has 5 heteroatoms. The number of aryl methyl sites for hydroxylation is 1. The van der Waals surface area contributed by atoms with E-state index in [-0.39, 0.29) is 17.1 Å². The van der Waals surface area contributed by atoms with Gasteiger partial charge in [0.15, 0.2) is 0 Å². The molecule has 25 heavy (non-hydrogen) atoms. The molecule has 0 aliphatic carbocycles. The minimum absolute atomic E-state index is 0.0758. The van der Waals surface area contributed by atoms with Crippen LogP contribution in [0.3, 0.4) is 0 Å². The van der Waals surface area contributed by atoms with Gasteiger partial charge in [0.1, 0.15) is 5.54 Å². The Labute approximate surface area is 148 Å². The Kier molecular flexibility index (Phi) is 5.09. The number of aromatic nitrogens is 1. The second-order valence-electron chi connectivity index (χ2n) is 8.17. The summed E-state index contributed by atoms with van der Waals surface area (Å²) in [4.78, 5) is 24.6. The van der Waals surface area contributed by atoms with Crippen molar-refractivity contribution >= 4 is 16.9 Å². The SMILES string of the molecule is CC(C)OC(=O)[C@@](N)(CC(C)(C)C)c1ccc2c(ccc(=O)n2C)c1. The molecule has 0 unspecified atom stereocenters. The van der Waals surface area contributed by atoms with E-state index in [1.807, 2.05) is 52.8 Å². The van der Waals surface area contributed by atoms with Gasteiger partial charge in [-0.25, -0.2) is 4.79 Å². The maximum Gasteiger partial charge on any atom is 0.331 e. The lowest BCUT2D eigenvalue weighted by Crippen LogP contribution is -2.49. The summed E-state index contributed by atoms with van der Waals surface area (Å²) in [6.45, 7) is 9.75. The predicted molar refractivity (Wildman–Crippen MR) is 100 cm³/mol. The molecule has 0 bridgehead atoms. The van der Waals surface area contributed by atoms with E-state index in [0.29, 0.717) is 12.0 Å². The van der Waals surface area contributed by atoms with Gasteiger partial charge in [0.25, 0.3) is 5.56 Å². The van der Waals surface area contributed by atoms with E-state index in [9.17, 15) is 9.59 Å². The zero-order chi connectivity index (χ0) is 19.0. The molecule has 1 aromatic heterocycles. The zero-order valence-corrected chi connectivity index (χ0v) is 15.9. The minimum atomic E-state index is -1.24. The van der Waals surface area contributed by atoms with Gasteiger partial charge in [-0.2, -0.15) is 0 Å². The van der Waals surface area contributed by atoms with Gasteiger partial charge in [0.05, 0.1) is 11.6 Å². The molecule has 2 aromatic rings. The number of hydrogen-bond acceptors (Lipinski definition) is 4. The number of ether oxygens (including phenoxy) is 1. The van der Waals surface area contributed by atoms with Crippen molar-refractivity contribution in [3.63, 3.8) is 0 Å². The van der Waals surface area contributed by atoms with Crippen LogP contribution in [0.5, 0.6) is 0 Å². The molecule has 5 nitrogen and oxygen atoms in total. The normalized spacial score (nSPS) is 14.6. The van der Waals surface area contributed by atoms with Crippen LogP contribution in [0, 0.1) is 5.41 Å². The van der Waals surface area contributed by atoms with Crippen LogP contribution >= 0.6 is 0 Å². The summed E-state index contributed by atoms with van der Waals surface area (Å²) in [6, 6.07) is 8.79. The molecule has 1 atom stereocenters. The highest BCUT2D eigenvalue weighted by atomic mass is 16.5. The summed E-state index contributed by atoms with van der Waals surface area (Å²) < 4.78 is 7.03. The van der Waals surface area contributed by atoms with E-state index in [4.69, 9.17) is 10.5 Å². The topological polar surface area (TPSA) is 74.3 Å². The summed E-state index contributed by atoms with van der Waals surface area (Å²) in [5.41, 5.74) is 6.62. The molecule has 0 fully saturated rings. The first kappa shape index (κ1) is 19.2. The van der Waals surface area contributed by atoms with Gasteiger partial charge in [-0.05, 0) is 54.8 Å². The number of nitrogens with zero attached hydrogens (tertiary/aromatic N) is 1. The highest BCUT2D eigenvalue weighted by Crippen LogP contribution is 2.35. The van der Waals surface area contributed by atoms with Gasteiger partial charge in [-0.1, -0.05) is 26.8 Å². The van der Waals surface area contributed by atoms with E-state index in [2.05, 4.69) is 0 Å². The van der Waals surface area contributed by atoms with Crippen LogP contribution in [0.25, 0.3) is 10.9 Å². The summed E-state index contributed by atoms with van der Waals surface area (Å²) in [5, 5.41) is 0.862. The molecule has 0 amide bonds. The van der Waals surface area contributed by atoms with Crippen molar-refractivity contribution in [1.82, 2.24) is 4.57 Å². The summed E-state index contributed by atoms with van der Waals surface area (Å²) >= 11 is 0. The zero-order valence-electron chi connectivity index (χ0n) is 15.9. The quantitative estimate of drug-likeness (QED) is 0.865. The maximum absolute atomic E-state index is 12.8. The lowest BCUT2D eigenvalue weighted by atomic mass is 9.76. The standard InChI is InChI=1S/C20H28N2O3/c1-13(2)25-18(24)20(21,12-19(3,4)5)15-8-9-16-14(11-15)7-10-17(23)22(16)6/h7-11,13H,12,21H2,1-6H3/t20-/m1/s1. The summed E-state index contributed by atoms with van der Waals surface area (Å²) in [7, 11) is 1.72. The smallest absolute Gasteiger partial charge is 0.331 e. The van der Waals surface area contributed by atoms with Gasteiger partial charge in [0.2, 0.25) is 0 Å². The fourth-order valence-corrected chi connectivity index (χ4v) is 3.11. The van der Waals surface area contributed by atoms with Crippen LogP contribution in [0.1, 0.15) is 46.6 Å². The number of carbonyl (C=O) groups is 1. The van der Waals surface area contributed by atoms with Crippen LogP contribution < -0.4 is 11.3 Å². The molecule has 0 radical (unpaired) electrons. The summed E-state index contributed by atoms with van der Waals surface area (Å²) in [5.74, 6) is -0.429. The Morgan fingerprint density at radius 2 is 1.84 bits per heavy atom. The first-order valence-corrected chi connectivity index (χ1v) is 8.54. The number of nitrogens with two attached hydrogens (primary N) is 1. The van der Waals surface area contributed by atoms with Crippen LogP contribution in [0.4, 0.5) is 0 Å². The van der Waals surface area contributed by atoms with Crippen LogP contribution in [0.2, 0.25) is 0 Å². The Balaban J connectivity index is 2.61. The number of pyridine rings is 1. The predicted octanol–water partition coefficient (Wildman–Crippen LogP) is 3.08. The highest BCUT2D eigenvalue weighted by Gasteiger charge is 2.41. The van der Waals surface area contributed by atoms with Gasteiger partial charge < -0.3 is 15.0 Å². The Hall–Kier alpha value is -2.14. The number of rotatable bonds is 4. The Morgan fingerprint density at radius 1 is 1.20 bits per heavy atom. The van der Waals surface area contributed by atoms with E-state index in [0.717, 1.165) is 10.9 Å². The number of esters is 1. The van der Waals surface area contributed by atoms with Crippen LogP contribution in [-0.2, 0) is 22.1 Å². The van der Waals surface area contributed by atoms with E-state index >= 15 is 0 Å². The van der Waals surface area contributed by atoms with Gasteiger partial charge in [-0.3, -0.25) is 4.79 Å². The van der Waals surface area contributed by atoms with E-state index in [1.54, 1.807) is 17.7 Å². The van der Waals surface area contributed by atoms with Crippen molar-refractivity contribution in [1.29, 1.82) is 0 Å². The average Bonchev–Trinajstić information content (AvgIpc) is 2.48. The third kappa shape index (κ3) is 4.10. The van der Waals surface area contributed by atoms with Crippen LogP contribution in [0.15, 0.2) is 35.1 Å². The first-order valence-electron chi connectivity index (χ1n) is 8.54. The monoisotopic (exact) mass is 344 g/mol. The van der Waals surface area contributed by atoms with Gasteiger partial charge in [0, 0.05) is 13.1 Å². The van der Waals surface area contributed by atoms with E-state index < -0.39 is 11.5 Å². The van der Waals surface area contributed by atoms with Crippen molar-refractivity contribution in [2.45, 2.75) is 52.7 Å². The fraction of sp³-hybridized carbons (Fsp3) is 0.500. The molecule has 1 heterocycles. The van der Waals surface area contributed by atoms with Crippen molar-refractivity contribution in [3.05, 3.63) is 46.2 Å². The Morgan fingerprint density at radius 3 is 2.40 bits per heavy atom. The number of fused-ring (bicyclic) bond motifs is 1. The minimum Gasteiger partial charge on any atom is -0.461 e. The van der Waals surface area contributed by atoms with Crippen molar-refractivity contribution in [3.8, 4) is 0 Å². The molecule has 2 N–H and O–H groups in total. The van der Waals surface area contributed by atoms with Gasteiger partial charge >= 0.3 is 5.97 Å². The molecule has 136 valence electrons. The molecule has 0 aliphatic rings. The lowest BCUT2D eigenvalue weighted by molar-refractivity contribution is -0.156. The third-order valence-electron chi connectivity index (χ3n) is 4.16. The molecular weight excluding hydrogens is 316 g/mol. The van der Waals surface area contributed by atoms with Crippen LogP contribution in [-0.4, -0.2) is 16.6 Å². The number of benzene rings is 1. The fourth-order valence-electron chi connectivity index (χ4n) is 3.11. The van der Waals surface area contributed by atoms with Crippen molar-refractivity contribution < 1.29 is 9.53 Å². The molecule has 2 rings (SSSR count). The number of carbonyl (C=O) groups excluding carboxylic acids is 1. The highest BCUT2D eigenvalue weighted by molar-refractivity contribution is 5.86. The molecule has 0 aliphatic heterocycles. The molecule has 0 saturated carbocycles. The largest absolute Gasteiger partial charge is 0.461 e. The summed E-state index contributed by atoms with van der Waals surface area (Å²) in [6.07, 6.45) is 0.208. The third-order valence-corrected chi connectivity index (χ3v) is 4.16. The molecule has 1 aromatic carbocycles. The molecule has 0 spiro atoms. The van der Waals surface area contributed by atoms with Crippen molar-refractivity contribution in [2.75, 3.05) is 0 Å². The second-order valence-corrected chi connectivity index (χ2v) is 8.17. The molecular formula is C20H28N2O3. The van der Waals surface area contributed by atoms with Crippen molar-refractivity contribution in [2.24, 2.45) is 18.2 Å². The lowest BCUT2D eigenvalue weighted by Gasteiger charge is -2.34. The molecule has 0 saturated heterocycles. The maximum atomic E-state index is 12.8. The first-order chi connectivity index (χ1) is 11.4. The van der Waals surface area contributed by atoms with Gasteiger partial charge in [-0.15, -0.1) is 0 Å². The Bertz CT molecular complexity index is 846. The second kappa shape index (κ2) is 6.64. The van der Waals surface area contributed by atoms with E-state index in [1.165, 1.54) is 6.07 Å². The average molecular weight is 344 g/mol.